The Bertz CT molecular complexity index is 1410. The van der Waals surface area contributed by atoms with Crippen LogP contribution in [0.1, 0.15) is 29.8 Å². The van der Waals surface area contributed by atoms with Crippen LogP contribution in [-0.2, 0) is 6.42 Å². The number of aromatic amines is 2. The number of nitrogens with zero attached hydrogens (tertiary/aromatic N) is 2. The average Bonchev–Trinajstić information content (AvgIpc) is 3.18. The molecule has 8 nitrogen and oxygen atoms in total. The Balaban J connectivity index is 1.75. The van der Waals surface area contributed by atoms with Crippen LogP contribution in [-0.4, -0.2) is 44.7 Å². The van der Waals surface area contributed by atoms with E-state index >= 15 is 0 Å². The highest BCUT2D eigenvalue weighted by Crippen LogP contribution is 2.39. The molecule has 2 aromatic carbocycles. The van der Waals surface area contributed by atoms with Crippen molar-refractivity contribution in [2.45, 2.75) is 19.4 Å². The molecule has 0 amide bonds. The summed E-state index contributed by atoms with van der Waals surface area (Å²) in [6.07, 6.45) is 0.834. The highest BCUT2D eigenvalue weighted by atomic mass is 16.5. The molecule has 164 valence electrons. The van der Waals surface area contributed by atoms with Crippen molar-refractivity contribution in [3.63, 3.8) is 0 Å². The van der Waals surface area contributed by atoms with E-state index in [4.69, 9.17) is 4.74 Å². The van der Waals surface area contributed by atoms with Gasteiger partial charge >= 0.3 is 5.69 Å². The van der Waals surface area contributed by atoms with Crippen molar-refractivity contribution in [2.24, 2.45) is 0 Å². The van der Waals surface area contributed by atoms with Gasteiger partial charge in [-0.25, -0.2) is 9.36 Å². The fourth-order valence-corrected chi connectivity index (χ4v) is 4.71. The Hall–Kier alpha value is -3.78. The van der Waals surface area contributed by atoms with Crippen LogP contribution in [0.15, 0.2) is 58.1 Å². The Morgan fingerprint density at radius 3 is 2.56 bits per heavy atom. The van der Waals surface area contributed by atoms with Crippen LogP contribution in [0.5, 0.6) is 11.6 Å². The lowest BCUT2D eigenvalue weighted by molar-refractivity contribution is 0.215. The molecule has 0 aliphatic carbocycles. The van der Waals surface area contributed by atoms with E-state index in [9.17, 15) is 14.7 Å². The highest BCUT2D eigenvalue weighted by molar-refractivity contribution is 5.85. The minimum atomic E-state index is -0.697. The largest absolute Gasteiger partial charge is 0.497 e. The molecular formula is C24H24N4O4. The zero-order valence-corrected chi connectivity index (χ0v) is 17.9. The number of hydrogen-bond donors (Lipinski definition) is 3. The fraction of sp³-hybridized carbons (Fsp3) is 0.250. The van der Waals surface area contributed by atoms with Gasteiger partial charge < -0.3 is 14.8 Å². The van der Waals surface area contributed by atoms with E-state index in [0.29, 0.717) is 18.0 Å². The monoisotopic (exact) mass is 432 g/mol. The maximum absolute atomic E-state index is 13.0. The summed E-state index contributed by atoms with van der Waals surface area (Å²) >= 11 is 0. The number of H-pyrrole nitrogens is 2. The molecule has 0 unspecified atom stereocenters. The second kappa shape index (κ2) is 7.72. The van der Waals surface area contributed by atoms with Crippen molar-refractivity contribution in [1.82, 2.24) is 19.4 Å². The van der Waals surface area contributed by atoms with Crippen LogP contribution in [0.25, 0.3) is 16.6 Å². The maximum atomic E-state index is 13.0. The summed E-state index contributed by atoms with van der Waals surface area (Å²) in [4.78, 5) is 33.7. The fourth-order valence-electron chi connectivity index (χ4n) is 4.71. The quantitative estimate of drug-likeness (QED) is 0.460. The summed E-state index contributed by atoms with van der Waals surface area (Å²) < 4.78 is 6.31. The van der Waals surface area contributed by atoms with Crippen LogP contribution in [0.4, 0.5) is 0 Å². The van der Waals surface area contributed by atoms with Crippen molar-refractivity contribution in [1.29, 1.82) is 0 Å². The Morgan fingerprint density at radius 2 is 1.84 bits per heavy atom. The molecule has 0 fully saturated rings. The zero-order chi connectivity index (χ0) is 22.4. The normalized spacial score (nSPS) is 16.2. The standard InChI is InChI=1S/C24H24N4O4/c1-3-27-13-12-17-16-6-4-5-7-18(16)25-20(17)21(27)19-22(29)26-24(31)28(23(19)30)14-8-10-15(32-2)11-9-14/h4-11,21,25,30H,3,12-13H2,1-2H3,(H,26,29,31)/t21-/m0/s1. The molecule has 8 heteroatoms. The first-order chi connectivity index (χ1) is 15.5. The van der Waals surface area contributed by atoms with Crippen molar-refractivity contribution in [3.05, 3.63) is 86.2 Å². The van der Waals surface area contributed by atoms with Crippen molar-refractivity contribution >= 4 is 10.9 Å². The van der Waals surface area contributed by atoms with E-state index in [1.165, 1.54) is 0 Å². The second-order valence-electron chi connectivity index (χ2n) is 7.87. The van der Waals surface area contributed by atoms with Gasteiger partial charge in [0.25, 0.3) is 5.56 Å². The number of likely N-dealkylation sites (N-methyl/N-ethyl adjacent to an activating group) is 1. The van der Waals surface area contributed by atoms with Crippen molar-refractivity contribution in [3.8, 4) is 17.3 Å². The number of rotatable bonds is 4. The minimum Gasteiger partial charge on any atom is -0.497 e. The molecular weight excluding hydrogens is 408 g/mol. The number of aromatic nitrogens is 3. The van der Waals surface area contributed by atoms with Gasteiger partial charge in [0.05, 0.1) is 18.8 Å². The van der Waals surface area contributed by atoms with E-state index in [2.05, 4.69) is 20.9 Å². The lowest BCUT2D eigenvalue weighted by atomic mass is 9.93. The van der Waals surface area contributed by atoms with Gasteiger partial charge in [0.15, 0.2) is 0 Å². The lowest BCUT2D eigenvalue weighted by Gasteiger charge is -2.35. The molecule has 0 radical (unpaired) electrons. The lowest BCUT2D eigenvalue weighted by Crippen LogP contribution is -2.41. The van der Waals surface area contributed by atoms with Crippen molar-refractivity contribution in [2.75, 3.05) is 20.2 Å². The van der Waals surface area contributed by atoms with Gasteiger partial charge in [0, 0.05) is 23.1 Å². The number of fused-ring (bicyclic) bond motifs is 3. The van der Waals surface area contributed by atoms with Gasteiger partial charge in [-0.2, -0.15) is 0 Å². The third-order valence-corrected chi connectivity index (χ3v) is 6.27. The second-order valence-corrected chi connectivity index (χ2v) is 7.87. The molecule has 1 aliphatic heterocycles. The third-order valence-electron chi connectivity index (χ3n) is 6.27. The number of aromatic hydroxyl groups is 1. The number of methoxy groups -OCH3 is 1. The number of hydrogen-bond acceptors (Lipinski definition) is 5. The first-order valence-electron chi connectivity index (χ1n) is 10.6. The van der Waals surface area contributed by atoms with Crippen LogP contribution >= 0.6 is 0 Å². The third kappa shape index (κ3) is 3.03. The summed E-state index contributed by atoms with van der Waals surface area (Å²) in [7, 11) is 1.55. The molecule has 1 aliphatic rings. The summed E-state index contributed by atoms with van der Waals surface area (Å²) in [6, 6.07) is 14.2. The minimum absolute atomic E-state index is 0.148. The maximum Gasteiger partial charge on any atom is 0.335 e. The Morgan fingerprint density at radius 1 is 1.09 bits per heavy atom. The van der Waals surface area contributed by atoms with Gasteiger partial charge in [-0.15, -0.1) is 0 Å². The average molecular weight is 432 g/mol. The van der Waals surface area contributed by atoms with Gasteiger partial charge in [0.2, 0.25) is 5.88 Å². The molecule has 0 spiro atoms. The van der Waals surface area contributed by atoms with Gasteiger partial charge in [0.1, 0.15) is 11.3 Å². The summed E-state index contributed by atoms with van der Waals surface area (Å²) in [6.45, 7) is 3.43. The Kier molecular flexibility index (Phi) is 4.86. The topological polar surface area (TPSA) is 103 Å². The van der Waals surface area contributed by atoms with Crippen LogP contribution in [0, 0.1) is 0 Å². The van der Waals surface area contributed by atoms with Crippen molar-refractivity contribution < 1.29 is 9.84 Å². The van der Waals surface area contributed by atoms with Crippen LogP contribution in [0.2, 0.25) is 0 Å². The van der Waals surface area contributed by atoms with E-state index in [0.717, 1.165) is 39.7 Å². The molecule has 32 heavy (non-hydrogen) atoms. The molecule has 3 N–H and O–H groups in total. The smallest absolute Gasteiger partial charge is 0.335 e. The van der Waals surface area contributed by atoms with E-state index in [1.54, 1.807) is 31.4 Å². The summed E-state index contributed by atoms with van der Waals surface area (Å²) in [5, 5.41) is 12.4. The highest BCUT2D eigenvalue weighted by Gasteiger charge is 2.35. The summed E-state index contributed by atoms with van der Waals surface area (Å²) in [5.74, 6) is 0.261. The molecule has 1 atom stereocenters. The molecule has 2 aromatic heterocycles. The first kappa shape index (κ1) is 20.1. The molecule has 0 saturated heterocycles. The van der Waals surface area contributed by atoms with E-state index < -0.39 is 17.3 Å². The van der Waals surface area contributed by atoms with Gasteiger partial charge in [-0.3, -0.25) is 14.7 Å². The number of para-hydroxylation sites is 1. The number of ether oxygens (including phenoxy) is 1. The first-order valence-corrected chi connectivity index (χ1v) is 10.6. The van der Waals surface area contributed by atoms with E-state index in [1.807, 2.05) is 25.1 Å². The number of nitrogens with one attached hydrogen (secondary N) is 2. The van der Waals surface area contributed by atoms with Crippen LogP contribution < -0.4 is 16.0 Å². The van der Waals surface area contributed by atoms with Gasteiger partial charge in [-0.1, -0.05) is 25.1 Å². The van der Waals surface area contributed by atoms with Gasteiger partial charge in [-0.05, 0) is 48.9 Å². The molecule has 0 saturated carbocycles. The molecule has 4 aromatic rings. The summed E-state index contributed by atoms with van der Waals surface area (Å²) in [5.41, 5.74) is 2.29. The molecule has 0 bridgehead atoms. The number of benzene rings is 2. The molecule has 3 heterocycles. The van der Waals surface area contributed by atoms with E-state index in [-0.39, 0.29) is 11.4 Å². The predicted molar refractivity (Wildman–Crippen MR) is 122 cm³/mol. The zero-order valence-electron chi connectivity index (χ0n) is 17.9. The Labute approximate surface area is 183 Å². The SMILES string of the molecule is CCN1CCc2c([nH]c3ccccc23)[C@@H]1c1c(O)n(-c2ccc(OC)cc2)c(=O)[nH]c1=O. The van der Waals surface area contributed by atoms with Crippen LogP contribution in [0.3, 0.4) is 0 Å². The molecule has 5 rings (SSSR count). The predicted octanol–water partition coefficient (Wildman–Crippen LogP) is 2.69.